The van der Waals surface area contributed by atoms with Crippen LogP contribution < -0.4 is 10.4 Å². The molecule has 27 heavy (non-hydrogen) atoms. The molecule has 1 N–H and O–H groups in total. The SMILES string of the molecule is Cc1cccc(N2NC(=O)/C(=C/c3ccc(-c4ccccc4F)o3)C2=O)c1. The van der Waals surface area contributed by atoms with Crippen molar-refractivity contribution in [2.24, 2.45) is 0 Å². The van der Waals surface area contributed by atoms with E-state index in [0.717, 1.165) is 5.56 Å². The number of amides is 2. The van der Waals surface area contributed by atoms with Crippen LogP contribution in [0.1, 0.15) is 11.3 Å². The number of hydrogen-bond acceptors (Lipinski definition) is 3. The van der Waals surface area contributed by atoms with Crippen LogP contribution in [-0.2, 0) is 9.59 Å². The van der Waals surface area contributed by atoms with Crippen molar-refractivity contribution in [3.05, 3.63) is 83.4 Å². The van der Waals surface area contributed by atoms with Crippen LogP contribution in [0, 0.1) is 12.7 Å². The lowest BCUT2D eigenvalue weighted by molar-refractivity contribution is -0.117. The number of aryl methyl sites for hydroxylation is 1. The number of nitrogens with zero attached hydrogens (tertiary/aromatic N) is 1. The van der Waals surface area contributed by atoms with Gasteiger partial charge in [0.1, 0.15) is 22.9 Å². The molecule has 1 fully saturated rings. The van der Waals surface area contributed by atoms with Gasteiger partial charge in [0.15, 0.2) is 0 Å². The topological polar surface area (TPSA) is 62.6 Å². The second-order valence-corrected chi connectivity index (χ2v) is 6.16. The van der Waals surface area contributed by atoms with Crippen LogP contribution in [0.5, 0.6) is 0 Å². The molecule has 0 atom stereocenters. The summed E-state index contributed by atoms with van der Waals surface area (Å²) < 4.78 is 19.5. The van der Waals surface area contributed by atoms with Crippen molar-refractivity contribution in [1.29, 1.82) is 0 Å². The monoisotopic (exact) mass is 362 g/mol. The summed E-state index contributed by atoms with van der Waals surface area (Å²) in [4.78, 5) is 24.9. The van der Waals surface area contributed by atoms with Crippen LogP contribution in [-0.4, -0.2) is 11.8 Å². The summed E-state index contributed by atoms with van der Waals surface area (Å²) in [5.74, 6) is -0.801. The Morgan fingerprint density at radius 1 is 1.04 bits per heavy atom. The summed E-state index contributed by atoms with van der Waals surface area (Å²) in [6, 6.07) is 16.6. The standard InChI is InChI=1S/C21H15FN2O3/c1-13-5-4-6-14(11-13)24-21(26)17(20(25)23-24)12-15-9-10-19(27-15)16-7-2-3-8-18(16)22/h2-12H,1H3,(H,23,25)/b17-12-. The molecule has 3 aromatic rings. The highest BCUT2D eigenvalue weighted by Crippen LogP contribution is 2.27. The smallest absolute Gasteiger partial charge is 0.282 e. The third kappa shape index (κ3) is 3.13. The van der Waals surface area contributed by atoms with Crippen LogP contribution in [0.4, 0.5) is 10.1 Å². The number of anilines is 1. The molecule has 1 aromatic heterocycles. The first kappa shape index (κ1) is 16.8. The Morgan fingerprint density at radius 3 is 2.63 bits per heavy atom. The first-order chi connectivity index (χ1) is 13.0. The molecule has 2 heterocycles. The van der Waals surface area contributed by atoms with Crippen molar-refractivity contribution >= 4 is 23.6 Å². The van der Waals surface area contributed by atoms with E-state index in [0.29, 0.717) is 17.0 Å². The fourth-order valence-corrected chi connectivity index (χ4v) is 2.88. The fraction of sp³-hybridized carbons (Fsp3) is 0.0476. The third-order valence-electron chi connectivity index (χ3n) is 4.20. The van der Waals surface area contributed by atoms with Gasteiger partial charge in [0.25, 0.3) is 11.8 Å². The molecular weight excluding hydrogens is 347 g/mol. The molecule has 2 amide bonds. The van der Waals surface area contributed by atoms with Gasteiger partial charge in [-0.3, -0.25) is 15.0 Å². The van der Waals surface area contributed by atoms with Crippen molar-refractivity contribution in [1.82, 2.24) is 5.43 Å². The van der Waals surface area contributed by atoms with Crippen molar-refractivity contribution in [3.63, 3.8) is 0 Å². The Bertz CT molecular complexity index is 1080. The van der Waals surface area contributed by atoms with Gasteiger partial charge in [0.05, 0.1) is 11.3 Å². The summed E-state index contributed by atoms with van der Waals surface area (Å²) >= 11 is 0. The van der Waals surface area contributed by atoms with E-state index in [1.54, 1.807) is 48.5 Å². The van der Waals surface area contributed by atoms with Gasteiger partial charge >= 0.3 is 0 Å². The molecule has 0 spiro atoms. The van der Waals surface area contributed by atoms with E-state index in [1.807, 2.05) is 13.0 Å². The minimum atomic E-state index is -0.523. The van der Waals surface area contributed by atoms with Crippen LogP contribution in [0.25, 0.3) is 17.4 Å². The lowest BCUT2D eigenvalue weighted by Gasteiger charge is -2.14. The number of carbonyl (C=O) groups is 2. The summed E-state index contributed by atoms with van der Waals surface area (Å²) in [6.45, 7) is 1.90. The predicted octanol–water partition coefficient (Wildman–Crippen LogP) is 3.86. The van der Waals surface area contributed by atoms with Crippen LogP contribution in [0.2, 0.25) is 0 Å². The zero-order valence-electron chi connectivity index (χ0n) is 14.4. The number of hydrazine groups is 1. The summed E-state index contributed by atoms with van der Waals surface area (Å²) in [6.07, 6.45) is 1.36. The molecule has 0 saturated carbocycles. The minimum Gasteiger partial charge on any atom is -0.457 e. The first-order valence-corrected chi connectivity index (χ1v) is 8.31. The number of rotatable bonds is 3. The molecule has 134 valence electrons. The number of carbonyl (C=O) groups excluding carboxylic acids is 2. The number of hydrogen-bond donors (Lipinski definition) is 1. The highest BCUT2D eigenvalue weighted by molar-refractivity contribution is 6.31. The number of nitrogens with one attached hydrogen (secondary N) is 1. The Kier molecular flexibility index (Phi) is 4.08. The minimum absolute atomic E-state index is 0.0501. The van der Waals surface area contributed by atoms with Crippen molar-refractivity contribution in [3.8, 4) is 11.3 Å². The second kappa shape index (κ2) is 6.57. The second-order valence-electron chi connectivity index (χ2n) is 6.16. The Hall–Kier alpha value is -3.67. The van der Waals surface area contributed by atoms with Crippen molar-refractivity contribution in [2.75, 3.05) is 5.01 Å². The van der Waals surface area contributed by atoms with E-state index in [9.17, 15) is 14.0 Å². The Labute approximate surface area is 154 Å². The lowest BCUT2D eigenvalue weighted by atomic mass is 10.1. The Balaban J connectivity index is 1.64. The molecule has 1 aliphatic heterocycles. The van der Waals surface area contributed by atoms with E-state index in [4.69, 9.17) is 4.42 Å². The molecule has 0 bridgehead atoms. The third-order valence-corrected chi connectivity index (χ3v) is 4.20. The Morgan fingerprint density at radius 2 is 1.85 bits per heavy atom. The molecule has 0 unspecified atom stereocenters. The van der Waals surface area contributed by atoms with Gasteiger partial charge in [0, 0.05) is 0 Å². The molecule has 1 aliphatic rings. The van der Waals surface area contributed by atoms with Crippen molar-refractivity contribution < 1.29 is 18.4 Å². The predicted molar refractivity (Wildman–Crippen MR) is 98.9 cm³/mol. The van der Waals surface area contributed by atoms with E-state index in [2.05, 4.69) is 5.43 Å². The highest BCUT2D eigenvalue weighted by Gasteiger charge is 2.34. The average molecular weight is 362 g/mol. The van der Waals surface area contributed by atoms with Crippen molar-refractivity contribution in [2.45, 2.75) is 6.92 Å². The quantitative estimate of drug-likeness (QED) is 0.569. The van der Waals surface area contributed by atoms with Gasteiger partial charge in [-0.1, -0.05) is 24.3 Å². The lowest BCUT2D eigenvalue weighted by Crippen LogP contribution is -2.35. The summed E-state index contributed by atoms with van der Waals surface area (Å²) in [5.41, 5.74) is 4.34. The average Bonchev–Trinajstić information content (AvgIpc) is 3.22. The zero-order chi connectivity index (χ0) is 19.0. The van der Waals surface area contributed by atoms with E-state index < -0.39 is 17.6 Å². The molecule has 0 aliphatic carbocycles. The molecule has 5 nitrogen and oxygen atoms in total. The van der Waals surface area contributed by atoms with Gasteiger partial charge in [-0.2, -0.15) is 0 Å². The number of benzene rings is 2. The largest absolute Gasteiger partial charge is 0.457 e. The molecule has 4 rings (SSSR count). The first-order valence-electron chi connectivity index (χ1n) is 8.31. The van der Waals surface area contributed by atoms with Gasteiger partial charge in [0.2, 0.25) is 0 Å². The zero-order valence-corrected chi connectivity index (χ0v) is 14.4. The summed E-state index contributed by atoms with van der Waals surface area (Å²) in [7, 11) is 0. The van der Waals surface area contributed by atoms with Crippen LogP contribution in [0.3, 0.4) is 0 Å². The maximum absolute atomic E-state index is 13.9. The number of halogens is 1. The van der Waals surface area contributed by atoms with E-state index in [-0.39, 0.29) is 11.3 Å². The van der Waals surface area contributed by atoms with Gasteiger partial charge in [-0.05, 0) is 55.0 Å². The summed E-state index contributed by atoms with van der Waals surface area (Å²) in [5, 5.41) is 1.20. The molecule has 0 radical (unpaired) electrons. The molecular formula is C21H15FN2O3. The fourth-order valence-electron chi connectivity index (χ4n) is 2.88. The molecule has 6 heteroatoms. The maximum Gasteiger partial charge on any atom is 0.282 e. The van der Waals surface area contributed by atoms with E-state index in [1.165, 1.54) is 17.2 Å². The normalized spacial score (nSPS) is 15.5. The van der Waals surface area contributed by atoms with Gasteiger partial charge in [-0.15, -0.1) is 0 Å². The maximum atomic E-state index is 13.9. The molecule has 2 aromatic carbocycles. The molecule has 1 saturated heterocycles. The number of furan rings is 1. The highest BCUT2D eigenvalue weighted by atomic mass is 19.1. The van der Waals surface area contributed by atoms with E-state index >= 15 is 0 Å². The van der Waals surface area contributed by atoms with Crippen LogP contribution in [0.15, 0.2) is 70.7 Å². The van der Waals surface area contributed by atoms with Gasteiger partial charge < -0.3 is 4.42 Å². The van der Waals surface area contributed by atoms with Gasteiger partial charge in [-0.25, -0.2) is 9.40 Å². The van der Waals surface area contributed by atoms with Crippen LogP contribution >= 0.6 is 0 Å².